The van der Waals surface area contributed by atoms with Crippen LogP contribution in [-0.2, 0) is 65.4 Å². The van der Waals surface area contributed by atoms with Gasteiger partial charge >= 0.3 is 39.5 Å². The molecular formula is C74H144O17P2. The zero-order valence-electron chi connectivity index (χ0n) is 60.4. The lowest BCUT2D eigenvalue weighted by atomic mass is 10.0. The predicted molar refractivity (Wildman–Crippen MR) is 377 cm³/mol. The summed E-state index contributed by atoms with van der Waals surface area (Å²) in [6.45, 7) is 7.30. The molecule has 5 atom stereocenters. The number of carbonyl (C=O) groups is 4. The van der Waals surface area contributed by atoms with Crippen molar-refractivity contribution in [3.05, 3.63) is 0 Å². The molecule has 17 nitrogen and oxygen atoms in total. The Labute approximate surface area is 568 Å². The summed E-state index contributed by atoms with van der Waals surface area (Å²) >= 11 is 0. The lowest BCUT2D eigenvalue weighted by Gasteiger charge is -2.21. The summed E-state index contributed by atoms with van der Waals surface area (Å²) in [6, 6.07) is 0. The topological polar surface area (TPSA) is 237 Å². The average Bonchev–Trinajstić information content (AvgIpc) is 1.94. The molecule has 93 heavy (non-hydrogen) atoms. The molecule has 0 heterocycles. The highest BCUT2D eigenvalue weighted by Crippen LogP contribution is 2.45. The molecule has 0 radical (unpaired) electrons. The molecule has 0 rings (SSSR count). The largest absolute Gasteiger partial charge is 0.472 e. The van der Waals surface area contributed by atoms with E-state index in [4.69, 9.17) is 37.0 Å². The van der Waals surface area contributed by atoms with Crippen LogP contribution in [0.25, 0.3) is 0 Å². The molecule has 0 aliphatic rings. The Morgan fingerprint density at radius 2 is 0.495 bits per heavy atom. The van der Waals surface area contributed by atoms with Gasteiger partial charge in [-0.05, 0) is 31.6 Å². The van der Waals surface area contributed by atoms with Gasteiger partial charge < -0.3 is 33.8 Å². The van der Waals surface area contributed by atoms with Crippen LogP contribution in [0.5, 0.6) is 0 Å². The second kappa shape index (κ2) is 67.3. The van der Waals surface area contributed by atoms with Crippen LogP contribution in [0.1, 0.15) is 388 Å². The van der Waals surface area contributed by atoms with Gasteiger partial charge in [0.15, 0.2) is 12.2 Å². The van der Waals surface area contributed by atoms with E-state index in [1.165, 1.54) is 212 Å². The van der Waals surface area contributed by atoms with E-state index in [1.807, 2.05) is 0 Å². The molecule has 0 aliphatic heterocycles. The molecule has 0 amide bonds. The Hall–Kier alpha value is -1.94. The fraction of sp³-hybridized carbons (Fsp3) is 0.946. The van der Waals surface area contributed by atoms with Crippen molar-refractivity contribution in [3.8, 4) is 0 Å². The van der Waals surface area contributed by atoms with E-state index in [2.05, 4.69) is 34.6 Å². The summed E-state index contributed by atoms with van der Waals surface area (Å²) < 4.78 is 68.4. The smallest absolute Gasteiger partial charge is 0.462 e. The molecule has 19 heteroatoms. The number of carbonyl (C=O) groups excluding carboxylic acids is 4. The highest BCUT2D eigenvalue weighted by molar-refractivity contribution is 7.47. The minimum Gasteiger partial charge on any atom is -0.462 e. The Morgan fingerprint density at radius 3 is 0.731 bits per heavy atom. The van der Waals surface area contributed by atoms with Crippen LogP contribution in [0, 0.1) is 5.92 Å². The number of hydrogen-bond acceptors (Lipinski definition) is 15. The van der Waals surface area contributed by atoms with E-state index in [1.54, 1.807) is 0 Å². The number of ether oxygens (including phenoxy) is 4. The number of rotatable bonds is 74. The standard InChI is InChI=1S/C74H144O17P2/c1-6-9-12-15-18-21-24-29-34-38-43-48-53-58-72(77)85-64-70(91-74(79)60-55-50-45-40-35-31-28-26-25-27-30-33-36-41-46-51-56-67(4)5)66-89-93(82,83)87-62-68(75)61-86-92(80,81)88-65-69(63-84-71(76)57-52-47-42-37-23-20-17-14-11-8-3)90-73(78)59-54-49-44-39-32-22-19-16-13-10-7-2/h67-70,75H,6-66H2,1-5H3,(H,80,81)(H,82,83)/t68-,69+,70+/m0/s1. The average molecular weight is 1370 g/mol. The fourth-order valence-corrected chi connectivity index (χ4v) is 12.9. The van der Waals surface area contributed by atoms with Crippen LogP contribution in [0.3, 0.4) is 0 Å². The lowest BCUT2D eigenvalue weighted by Crippen LogP contribution is -2.30. The van der Waals surface area contributed by atoms with Gasteiger partial charge in [0.05, 0.1) is 26.4 Å². The minimum atomic E-state index is -4.95. The van der Waals surface area contributed by atoms with Crippen LogP contribution in [-0.4, -0.2) is 96.7 Å². The van der Waals surface area contributed by atoms with Crippen molar-refractivity contribution in [2.24, 2.45) is 5.92 Å². The van der Waals surface area contributed by atoms with Crippen LogP contribution in [0.15, 0.2) is 0 Å². The molecule has 0 bridgehead atoms. The summed E-state index contributed by atoms with van der Waals surface area (Å²) in [4.78, 5) is 72.7. The van der Waals surface area contributed by atoms with Gasteiger partial charge in [-0.3, -0.25) is 37.3 Å². The predicted octanol–water partition coefficient (Wildman–Crippen LogP) is 21.7. The van der Waals surface area contributed by atoms with Crippen molar-refractivity contribution >= 4 is 39.5 Å². The molecular weight excluding hydrogens is 1220 g/mol. The molecule has 0 spiro atoms. The third-order valence-electron chi connectivity index (χ3n) is 17.3. The summed E-state index contributed by atoms with van der Waals surface area (Å²) in [6.07, 6.45) is 55.3. The van der Waals surface area contributed by atoms with Gasteiger partial charge in [-0.15, -0.1) is 0 Å². The number of esters is 4. The molecule has 0 aromatic rings. The molecule has 552 valence electrons. The number of phosphoric ester groups is 2. The maximum atomic E-state index is 13.1. The molecule has 0 fully saturated rings. The summed E-state index contributed by atoms with van der Waals surface area (Å²) in [7, 11) is -9.90. The SMILES string of the molecule is CCCCCCCCCCCCCCCC(=O)OC[C@H](COP(=O)(O)OC[C@@H](O)COP(=O)(O)OC[C@@H](COC(=O)CCCCCCCCCCCC)OC(=O)CCCCCCCCCCCCC)OC(=O)CCCCCCCCCCCCCCCCCCC(C)C. The normalized spacial score (nSPS) is 14.0. The van der Waals surface area contributed by atoms with Crippen molar-refractivity contribution < 1.29 is 80.2 Å². The van der Waals surface area contributed by atoms with Crippen LogP contribution in [0.4, 0.5) is 0 Å². The first-order chi connectivity index (χ1) is 45.0. The maximum Gasteiger partial charge on any atom is 0.472 e. The lowest BCUT2D eigenvalue weighted by molar-refractivity contribution is -0.161. The molecule has 0 aromatic carbocycles. The zero-order chi connectivity index (χ0) is 68.4. The number of aliphatic hydroxyl groups excluding tert-OH is 1. The van der Waals surface area contributed by atoms with Crippen LogP contribution in [0.2, 0.25) is 0 Å². The Balaban J connectivity index is 5.21. The maximum absolute atomic E-state index is 13.1. The minimum absolute atomic E-state index is 0.107. The fourth-order valence-electron chi connectivity index (χ4n) is 11.4. The van der Waals surface area contributed by atoms with Crippen molar-refractivity contribution in [1.29, 1.82) is 0 Å². The second-order valence-electron chi connectivity index (χ2n) is 27.2. The van der Waals surface area contributed by atoms with Gasteiger partial charge in [0.2, 0.25) is 0 Å². The molecule has 0 saturated heterocycles. The Bertz CT molecular complexity index is 1790. The van der Waals surface area contributed by atoms with E-state index in [9.17, 15) is 43.2 Å². The van der Waals surface area contributed by atoms with Gasteiger partial charge in [0.1, 0.15) is 19.3 Å². The summed E-state index contributed by atoms with van der Waals surface area (Å²) in [5.74, 6) is -1.31. The molecule has 3 N–H and O–H groups in total. The number of aliphatic hydroxyl groups is 1. The Morgan fingerprint density at radius 1 is 0.290 bits per heavy atom. The summed E-state index contributed by atoms with van der Waals surface area (Å²) in [5.41, 5.74) is 0. The van der Waals surface area contributed by atoms with Crippen molar-refractivity contribution in [3.63, 3.8) is 0 Å². The number of hydrogen-bond donors (Lipinski definition) is 3. The van der Waals surface area contributed by atoms with Gasteiger partial charge in [0.25, 0.3) is 0 Å². The first-order valence-electron chi connectivity index (χ1n) is 38.6. The van der Waals surface area contributed by atoms with E-state index in [0.29, 0.717) is 25.7 Å². The van der Waals surface area contributed by atoms with E-state index in [-0.39, 0.29) is 25.7 Å². The van der Waals surface area contributed by atoms with Gasteiger partial charge in [-0.2, -0.15) is 0 Å². The van der Waals surface area contributed by atoms with Gasteiger partial charge in [0, 0.05) is 25.7 Å². The Kier molecular flexibility index (Phi) is 65.9. The zero-order valence-corrected chi connectivity index (χ0v) is 62.2. The molecule has 0 saturated carbocycles. The van der Waals surface area contributed by atoms with E-state index >= 15 is 0 Å². The van der Waals surface area contributed by atoms with Crippen LogP contribution < -0.4 is 0 Å². The third-order valence-corrected chi connectivity index (χ3v) is 19.2. The first-order valence-corrected chi connectivity index (χ1v) is 41.6. The van der Waals surface area contributed by atoms with Crippen molar-refractivity contribution in [2.75, 3.05) is 39.6 Å². The van der Waals surface area contributed by atoms with Crippen LogP contribution >= 0.6 is 15.6 Å². The quantitative estimate of drug-likeness (QED) is 0.0222. The first kappa shape index (κ1) is 91.1. The molecule has 0 aromatic heterocycles. The molecule has 2 unspecified atom stereocenters. The summed E-state index contributed by atoms with van der Waals surface area (Å²) in [5, 5.41) is 10.6. The van der Waals surface area contributed by atoms with Crippen molar-refractivity contribution in [2.45, 2.75) is 406 Å². The van der Waals surface area contributed by atoms with Gasteiger partial charge in [-0.25, -0.2) is 9.13 Å². The highest BCUT2D eigenvalue weighted by atomic mass is 31.2. The van der Waals surface area contributed by atoms with E-state index in [0.717, 1.165) is 95.8 Å². The number of unbranched alkanes of at least 4 members (excludes halogenated alkanes) is 46. The molecule has 0 aliphatic carbocycles. The third kappa shape index (κ3) is 68.4. The highest BCUT2D eigenvalue weighted by Gasteiger charge is 2.30. The van der Waals surface area contributed by atoms with Crippen molar-refractivity contribution in [1.82, 2.24) is 0 Å². The number of phosphoric acid groups is 2. The van der Waals surface area contributed by atoms with Gasteiger partial charge in [-0.1, -0.05) is 336 Å². The van der Waals surface area contributed by atoms with E-state index < -0.39 is 97.5 Å². The monoisotopic (exact) mass is 1370 g/mol. The second-order valence-corrected chi connectivity index (χ2v) is 30.1.